The molecule has 1 rings (SSSR count). The molecule has 1 amide bonds. The molecular formula is C13H16ClFN2O2S. The zero-order chi connectivity index (χ0) is 15.1. The maximum absolute atomic E-state index is 13.0. The predicted molar refractivity (Wildman–Crippen MR) is 80.6 cm³/mol. The third-order valence-corrected chi connectivity index (χ3v) is 3.16. The van der Waals surface area contributed by atoms with Crippen molar-refractivity contribution >= 4 is 34.7 Å². The number of carbonyl (C=O) groups excluding carboxylic acids is 1. The van der Waals surface area contributed by atoms with Crippen LogP contribution in [0.15, 0.2) is 18.2 Å². The van der Waals surface area contributed by atoms with Crippen LogP contribution in [0.1, 0.15) is 16.8 Å². The maximum atomic E-state index is 13.0. The van der Waals surface area contributed by atoms with Gasteiger partial charge in [-0.15, -0.1) is 0 Å². The van der Waals surface area contributed by atoms with Crippen molar-refractivity contribution in [1.82, 2.24) is 4.90 Å². The quantitative estimate of drug-likeness (QED) is 0.783. The Balaban J connectivity index is 2.87. The number of benzene rings is 1. The molecule has 0 fully saturated rings. The van der Waals surface area contributed by atoms with Gasteiger partial charge in [0.05, 0.1) is 22.2 Å². The summed E-state index contributed by atoms with van der Waals surface area (Å²) < 4.78 is 18.0. The summed E-state index contributed by atoms with van der Waals surface area (Å²) in [6.45, 7) is 1.12. The van der Waals surface area contributed by atoms with E-state index in [1.165, 1.54) is 17.0 Å². The van der Waals surface area contributed by atoms with Crippen LogP contribution in [-0.4, -0.2) is 42.6 Å². The van der Waals surface area contributed by atoms with E-state index in [9.17, 15) is 9.18 Å². The first-order chi connectivity index (χ1) is 9.45. The van der Waals surface area contributed by atoms with E-state index in [1.807, 2.05) is 0 Å². The topological polar surface area (TPSA) is 55.6 Å². The Morgan fingerprint density at radius 1 is 1.50 bits per heavy atom. The fraction of sp³-hybridized carbons (Fsp3) is 0.385. The third kappa shape index (κ3) is 5.03. The first-order valence-electron chi connectivity index (χ1n) is 5.97. The van der Waals surface area contributed by atoms with Crippen LogP contribution in [0.2, 0.25) is 5.02 Å². The lowest BCUT2D eigenvalue weighted by Crippen LogP contribution is -2.36. The summed E-state index contributed by atoms with van der Waals surface area (Å²) in [6.07, 6.45) is 0.406. The van der Waals surface area contributed by atoms with Gasteiger partial charge in [0.1, 0.15) is 5.82 Å². The van der Waals surface area contributed by atoms with E-state index in [4.69, 9.17) is 34.3 Å². The molecule has 0 aliphatic heterocycles. The van der Waals surface area contributed by atoms with Crippen molar-refractivity contribution < 1.29 is 13.9 Å². The van der Waals surface area contributed by atoms with Gasteiger partial charge in [-0.05, 0) is 18.2 Å². The maximum Gasteiger partial charge on any atom is 0.255 e. The SMILES string of the molecule is COCCN(CCC(N)=S)C(=O)c1ccc(F)cc1Cl. The molecule has 0 atom stereocenters. The highest BCUT2D eigenvalue weighted by atomic mass is 35.5. The highest BCUT2D eigenvalue weighted by Gasteiger charge is 2.18. The zero-order valence-corrected chi connectivity index (χ0v) is 12.6. The van der Waals surface area contributed by atoms with Crippen LogP contribution in [0, 0.1) is 5.82 Å². The van der Waals surface area contributed by atoms with Crippen LogP contribution >= 0.6 is 23.8 Å². The van der Waals surface area contributed by atoms with Gasteiger partial charge in [-0.1, -0.05) is 23.8 Å². The summed E-state index contributed by atoms with van der Waals surface area (Å²) in [5, 5.41) is 0.0766. The van der Waals surface area contributed by atoms with Crippen molar-refractivity contribution in [1.29, 1.82) is 0 Å². The van der Waals surface area contributed by atoms with Gasteiger partial charge in [0.2, 0.25) is 0 Å². The summed E-state index contributed by atoms with van der Waals surface area (Å²) in [6, 6.07) is 3.67. The second-order valence-corrected chi connectivity index (χ2v) is 5.06. The average molecular weight is 319 g/mol. The van der Waals surface area contributed by atoms with E-state index < -0.39 is 5.82 Å². The molecule has 1 aromatic carbocycles. The number of nitrogens with two attached hydrogens (primary N) is 1. The van der Waals surface area contributed by atoms with Gasteiger partial charge < -0.3 is 15.4 Å². The second kappa shape index (κ2) is 8.14. The highest BCUT2D eigenvalue weighted by Crippen LogP contribution is 2.19. The predicted octanol–water partition coefficient (Wildman–Crippen LogP) is 2.24. The average Bonchev–Trinajstić information content (AvgIpc) is 2.38. The molecule has 0 saturated heterocycles. The van der Waals surface area contributed by atoms with E-state index in [1.54, 1.807) is 7.11 Å². The Bertz CT molecular complexity index is 499. The summed E-state index contributed by atoms with van der Waals surface area (Å²) >= 11 is 10.7. The molecule has 0 aromatic heterocycles. The highest BCUT2D eigenvalue weighted by molar-refractivity contribution is 7.80. The van der Waals surface area contributed by atoms with Crippen LogP contribution in [-0.2, 0) is 4.74 Å². The van der Waals surface area contributed by atoms with E-state index in [0.717, 1.165) is 6.07 Å². The summed E-state index contributed by atoms with van der Waals surface area (Å²) in [4.78, 5) is 14.2. The summed E-state index contributed by atoms with van der Waals surface area (Å²) in [5.74, 6) is -0.790. The molecule has 20 heavy (non-hydrogen) atoms. The molecular weight excluding hydrogens is 303 g/mol. The van der Waals surface area contributed by atoms with Crippen LogP contribution in [0.5, 0.6) is 0 Å². The molecule has 0 saturated carbocycles. The minimum atomic E-state index is -0.488. The Morgan fingerprint density at radius 2 is 2.20 bits per heavy atom. The first kappa shape index (κ1) is 16.8. The molecule has 0 radical (unpaired) electrons. The van der Waals surface area contributed by atoms with Crippen molar-refractivity contribution in [3.63, 3.8) is 0 Å². The molecule has 0 aliphatic carbocycles. The van der Waals surface area contributed by atoms with Gasteiger partial charge in [-0.3, -0.25) is 4.79 Å². The molecule has 0 aliphatic rings. The van der Waals surface area contributed by atoms with E-state index in [-0.39, 0.29) is 16.5 Å². The second-order valence-electron chi connectivity index (χ2n) is 4.13. The Hall–Kier alpha value is -1.24. The van der Waals surface area contributed by atoms with Gasteiger partial charge in [-0.25, -0.2) is 4.39 Å². The number of thiocarbonyl (C=S) groups is 1. The Labute approximate surface area is 127 Å². The third-order valence-electron chi connectivity index (χ3n) is 2.64. The number of halogens is 2. The molecule has 7 heteroatoms. The van der Waals surface area contributed by atoms with Crippen molar-refractivity contribution in [2.24, 2.45) is 5.73 Å². The number of hydrogen-bond donors (Lipinski definition) is 1. The van der Waals surface area contributed by atoms with Gasteiger partial charge in [-0.2, -0.15) is 0 Å². The molecule has 0 spiro atoms. The molecule has 110 valence electrons. The van der Waals surface area contributed by atoms with Gasteiger partial charge in [0.25, 0.3) is 5.91 Å². The van der Waals surface area contributed by atoms with Gasteiger partial charge in [0, 0.05) is 26.6 Å². The molecule has 1 aromatic rings. The van der Waals surface area contributed by atoms with Crippen molar-refractivity contribution in [3.8, 4) is 0 Å². The first-order valence-corrected chi connectivity index (χ1v) is 6.76. The normalized spacial score (nSPS) is 10.3. The number of nitrogens with zero attached hydrogens (tertiary/aromatic N) is 1. The fourth-order valence-electron chi connectivity index (χ4n) is 1.59. The standard InChI is InChI=1S/C13H16ClFN2O2S/c1-19-7-6-17(5-4-12(16)20)13(18)10-3-2-9(15)8-11(10)14/h2-3,8H,4-7H2,1H3,(H2,16,20). The van der Waals surface area contributed by atoms with E-state index >= 15 is 0 Å². The number of ether oxygens (including phenoxy) is 1. The van der Waals surface area contributed by atoms with E-state index in [0.29, 0.717) is 31.1 Å². The molecule has 0 unspecified atom stereocenters. The van der Waals surface area contributed by atoms with E-state index in [2.05, 4.69) is 0 Å². The minimum absolute atomic E-state index is 0.0766. The molecule has 0 bridgehead atoms. The lowest BCUT2D eigenvalue weighted by atomic mass is 10.2. The number of hydrogen-bond acceptors (Lipinski definition) is 3. The number of carbonyl (C=O) groups is 1. The van der Waals surface area contributed by atoms with Crippen molar-refractivity contribution in [2.75, 3.05) is 26.8 Å². The lowest BCUT2D eigenvalue weighted by Gasteiger charge is -2.22. The Morgan fingerprint density at radius 3 is 2.75 bits per heavy atom. The molecule has 0 heterocycles. The van der Waals surface area contributed by atoms with Gasteiger partial charge >= 0.3 is 0 Å². The van der Waals surface area contributed by atoms with Crippen LogP contribution < -0.4 is 5.73 Å². The Kier molecular flexibility index (Phi) is 6.84. The van der Waals surface area contributed by atoms with Crippen molar-refractivity contribution in [2.45, 2.75) is 6.42 Å². The number of rotatable bonds is 7. The van der Waals surface area contributed by atoms with Crippen LogP contribution in [0.4, 0.5) is 4.39 Å². The lowest BCUT2D eigenvalue weighted by molar-refractivity contribution is 0.0701. The van der Waals surface area contributed by atoms with Crippen LogP contribution in [0.3, 0.4) is 0 Å². The van der Waals surface area contributed by atoms with Crippen LogP contribution in [0.25, 0.3) is 0 Å². The fourth-order valence-corrected chi connectivity index (χ4v) is 1.93. The number of amides is 1. The number of methoxy groups -OCH3 is 1. The monoisotopic (exact) mass is 318 g/mol. The largest absolute Gasteiger partial charge is 0.393 e. The van der Waals surface area contributed by atoms with Gasteiger partial charge in [0.15, 0.2) is 0 Å². The van der Waals surface area contributed by atoms with Crippen molar-refractivity contribution in [3.05, 3.63) is 34.6 Å². The zero-order valence-electron chi connectivity index (χ0n) is 11.1. The minimum Gasteiger partial charge on any atom is -0.393 e. The smallest absolute Gasteiger partial charge is 0.255 e. The summed E-state index contributed by atoms with van der Waals surface area (Å²) in [5.41, 5.74) is 5.69. The molecule has 4 nitrogen and oxygen atoms in total. The summed E-state index contributed by atoms with van der Waals surface area (Å²) in [7, 11) is 1.54. The molecule has 2 N–H and O–H groups in total.